The van der Waals surface area contributed by atoms with Gasteiger partial charge in [0.1, 0.15) is 5.52 Å². The molecule has 0 atom stereocenters. The van der Waals surface area contributed by atoms with Crippen LogP contribution in [0.2, 0.25) is 0 Å². The van der Waals surface area contributed by atoms with Crippen molar-refractivity contribution < 1.29 is 0 Å². The van der Waals surface area contributed by atoms with E-state index in [9.17, 15) is 0 Å². The molecule has 0 spiro atoms. The summed E-state index contributed by atoms with van der Waals surface area (Å²) in [6, 6.07) is 61.2. The molecule has 0 fully saturated rings. The number of rotatable bonds is 3. The highest BCUT2D eigenvalue weighted by Gasteiger charge is 2.23. The Bertz CT molecular complexity index is 3070. The van der Waals surface area contributed by atoms with Crippen LogP contribution in [0, 0.1) is 0 Å². The molecular weight excluding hydrogens is 597 g/mol. The predicted molar refractivity (Wildman–Crippen MR) is 204 cm³/mol. The van der Waals surface area contributed by atoms with Crippen LogP contribution in [0.15, 0.2) is 170 Å². The Morgan fingerprint density at radius 3 is 1.63 bits per heavy atom. The van der Waals surface area contributed by atoms with Crippen molar-refractivity contribution in [2.24, 2.45) is 0 Å². The van der Waals surface area contributed by atoms with Crippen molar-refractivity contribution in [1.82, 2.24) is 18.5 Å². The SMILES string of the molecule is c1ccc(-n2c3ccccc3c3c2nc2n(-c4cccc(-c5ccc6c7ccccc7c7ccccc7c6c5)c4)c4ccccc4n32)cc1. The Morgan fingerprint density at radius 2 is 0.898 bits per heavy atom. The third-order valence-electron chi connectivity index (χ3n) is 10.2. The predicted octanol–water partition coefficient (Wildman–Crippen LogP) is 11.5. The minimum Gasteiger partial charge on any atom is -0.292 e. The standard InChI is InChI=1S/C45H28N4/c1-2-14-31(15-3-1)47-40-22-9-8-21-38(40)43-44(47)46-45-48(41-23-10-11-24-42(41)49(43)45)32-16-12-13-29(27-32)30-25-26-37-35-19-5-4-17-33(35)34-18-6-7-20-36(34)39(37)28-30/h1-28H. The Balaban J connectivity index is 1.17. The van der Waals surface area contributed by atoms with Crippen LogP contribution in [-0.2, 0) is 0 Å². The van der Waals surface area contributed by atoms with Gasteiger partial charge in [0.25, 0.3) is 0 Å². The van der Waals surface area contributed by atoms with Crippen LogP contribution in [0.25, 0.3) is 93.7 Å². The second-order valence-electron chi connectivity index (χ2n) is 12.8. The summed E-state index contributed by atoms with van der Waals surface area (Å²) >= 11 is 0. The van der Waals surface area contributed by atoms with Gasteiger partial charge < -0.3 is 0 Å². The van der Waals surface area contributed by atoms with E-state index in [1.165, 1.54) is 48.8 Å². The third-order valence-corrected chi connectivity index (χ3v) is 10.2. The normalized spacial score (nSPS) is 12.1. The molecule has 0 amide bonds. The summed E-state index contributed by atoms with van der Waals surface area (Å²) in [5.41, 5.74) is 10.0. The number of benzene rings is 8. The first-order chi connectivity index (χ1) is 24.3. The molecular formula is C45H28N4. The van der Waals surface area contributed by atoms with E-state index in [4.69, 9.17) is 4.98 Å². The van der Waals surface area contributed by atoms with Crippen LogP contribution in [0.1, 0.15) is 0 Å². The summed E-state index contributed by atoms with van der Waals surface area (Å²) in [5, 5.41) is 8.89. The summed E-state index contributed by atoms with van der Waals surface area (Å²) in [4.78, 5) is 5.44. The minimum absolute atomic E-state index is 0.898. The van der Waals surface area contributed by atoms with E-state index in [2.05, 4.69) is 183 Å². The number of fused-ring (bicyclic) bond motifs is 13. The molecule has 228 valence electrons. The van der Waals surface area contributed by atoms with E-state index in [1.807, 2.05) is 0 Å². The monoisotopic (exact) mass is 624 g/mol. The van der Waals surface area contributed by atoms with Gasteiger partial charge in [0.2, 0.25) is 5.78 Å². The molecule has 0 unspecified atom stereocenters. The Hall–Kier alpha value is -6.65. The maximum atomic E-state index is 5.44. The zero-order valence-electron chi connectivity index (χ0n) is 26.5. The highest BCUT2D eigenvalue weighted by Crippen LogP contribution is 2.39. The van der Waals surface area contributed by atoms with Gasteiger partial charge in [-0.3, -0.25) is 13.5 Å². The van der Waals surface area contributed by atoms with E-state index in [0.717, 1.165) is 44.9 Å². The van der Waals surface area contributed by atoms with Gasteiger partial charge in [-0.15, -0.1) is 0 Å². The largest absolute Gasteiger partial charge is 0.292 e. The zero-order chi connectivity index (χ0) is 32.1. The lowest BCUT2D eigenvalue weighted by molar-refractivity contribution is 1.09. The number of hydrogen-bond acceptors (Lipinski definition) is 1. The van der Waals surface area contributed by atoms with Crippen LogP contribution in [-0.4, -0.2) is 18.5 Å². The van der Waals surface area contributed by atoms with Gasteiger partial charge in [-0.05, 0) is 92.0 Å². The van der Waals surface area contributed by atoms with Crippen molar-refractivity contribution in [1.29, 1.82) is 0 Å². The van der Waals surface area contributed by atoms with Gasteiger partial charge in [0.05, 0.1) is 16.6 Å². The third kappa shape index (κ3) is 3.66. The topological polar surface area (TPSA) is 27.2 Å². The fourth-order valence-corrected chi connectivity index (χ4v) is 8.11. The summed E-state index contributed by atoms with van der Waals surface area (Å²) < 4.78 is 6.94. The molecule has 0 bridgehead atoms. The van der Waals surface area contributed by atoms with E-state index < -0.39 is 0 Å². The second kappa shape index (κ2) is 9.93. The Labute approximate surface area is 281 Å². The molecule has 3 aromatic heterocycles. The number of para-hydroxylation sites is 4. The van der Waals surface area contributed by atoms with Crippen LogP contribution < -0.4 is 0 Å². The van der Waals surface area contributed by atoms with Gasteiger partial charge in [0, 0.05) is 16.8 Å². The molecule has 0 saturated carbocycles. The quantitative estimate of drug-likeness (QED) is 0.180. The van der Waals surface area contributed by atoms with Gasteiger partial charge in [0.15, 0.2) is 5.65 Å². The minimum atomic E-state index is 0.898. The number of aromatic nitrogens is 4. The number of hydrogen-bond donors (Lipinski definition) is 0. The van der Waals surface area contributed by atoms with Crippen molar-refractivity contribution in [2.45, 2.75) is 0 Å². The maximum absolute atomic E-state index is 5.44. The number of nitrogens with zero attached hydrogens (tertiary/aromatic N) is 4. The summed E-state index contributed by atoms with van der Waals surface area (Å²) in [6.45, 7) is 0. The molecule has 11 rings (SSSR count). The fraction of sp³-hybridized carbons (Fsp3) is 0. The van der Waals surface area contributed by atoms with Crippen LogP contribution in [0.5, 0.6) is 0 Å². The van der Waals surface area contributed by atoms with Crippen molar-refractivity contribution in [2.75, 3.05) is 0 Å². The van der Waals surface area contributed by atoms with Crippen LogP contribution in [0.4, 0.5) is 0 Å². The molecule has 3 heterocycles. The van der Waals surface area contributed by atoms with Gasteiger partial charge in [-0.25, -0.2) is 0 Å². The average molecular weight is 625 g/mol. The molecule has 0 N–H and O–H groups in total. The fourth-order valence-electron chi connectivity index (χ4n) is 8.11. The highest BCUT2D eigenvalue weighted by molar-refractivity contribution is 6.25. The maximum Gasteiger partial charge on any atom is 0.222 e. The molecule has 4 nitrogen and oxygen atoms in total. The molecule has 0 aliphatic rings. The second-order valence-corrected chi connectivity index (χ2v) is 12.8. The average Bonchev–Trinajstić information content (AvgIpc) is 3.81. The van der Waals surface area contributed by atoms with Crippen LogP contribution in [0.3, 0.4) is 0 Å². The molecule has 0 aliphatic heterocycles. The molecule has 49 heavy (non-hydrogen) atoms. The Kier molecular flexibility index (Phi) is 5.35. The van der Waals surface area contributed by atoms with Crippen molar-refractivity contribution in [3.63, 3.8) is 0 Å². The first-order valence-corrected chi connectivity index (χ1v) is 16.7. The number of imidazole rings is 2. The lowest BCUT2D eigenvalue weighted by Gasteiger charge is -2.13. The summed E-state index contributed by atoms with van der Waals surface area (Å²) in [5.74, 6) is 0.898. The van der Waals surface area contributed by atoms with E-state index in [-0.39, 0.29) is 0 Å². The highest BCUT2D eigenvalue weighted by atomic mass is 15.2. The lowest BCUT2D eigenvalue weighted by atomic mass is 9.92. The molecule has 11 aromatic rings. The Morgan fingerprint density at radius 1 is 0.347 bits per heavy atom. The summed E-state index contributed by atoms with van der Waals surface area (Å²) in [6.07, 6.45) is 0. The van der Waals surface area contributed by atoms with E-state index in [0.29, 0.717) is 0 Å². The zero-order valence-corrected chi connectivity index (χ0v) is 26.5. The van der Waals surface area contributed by atoms with Gasteiger partial charge in [-0.1, -0.05) is 121 Å². The van der Waals surface area contributed by atoms with E-state index in [1.54, 1.807) is 0 Å². The smallest absolute Gasteiger partial charge is 0.222 e. The van der Waals surface area contributed by atoms with Crippen molar-refractivity contribution in [3.05, 3.63) is 170 Å². The van der Waals surface area contributed by atoms with Crippen molar-refractivity contribution in [3.8, 4) is 22.5 Å². The molecule has 0 aliphatic carbocycles. The summed E-state index contributed by atoms with van der Waals surface area (Å²) in [7, 11) is 0. The van der Waals surface area contributed by atoms with Crippen molar-refractivity contribution >= 4 is 71.2 Å². The van der Waals surface area contributed by atoms with Crippen LogP contribution >= 0.6 is 0 Å². The van der Waals surface area contributed by atoms with Gasteiger partial charge >= 0.3 is 0 Å². The van der Waals surface area contributed by atoms with E-state index >= 15 is 0 Å². The molecule has 0 saturated heterocycles. The van der Waals surface area contributed by atoms with Gasteiger partial charge in [-0.2, -0.15) is 4.98 Å². The first kappa shape index (κ1) is 26.4. The molecule has 8 aromatic carbocycles. The molecule has 0 radical (unpaired) electrons. The lowest BCUT2D eigenvalue weighted by Crippen LogP contribution is -1.97. The molecule has 4 heteroatoms. The first-order valence-electron chi connectivity index (χ1n) is 16.7.